The highest BCUT2D eigenvalue weighted by molar-refractivity contribution is 6.13. The van der Waals surface area contributed by atoms with Crippen LogP contribution in [0.4, 0.5) is 0 Å². The summed E-state index contributed by atoms with van der Waals surface area (Å²) in [7, 11) is 0. The van der Waals surface area contributed by atoms with Crippen LogP contribution in [0.5, 0.6) is 0 Å². The van der Waals surface area contributed by atoms with E-state index in [1.165, 1.54) is 21.9 Å². The minimum absolute atomic E-state index is 0.907. The van der Waals surface area contributed by atoms with Gasteiger partial charge in [0.2, 0.25) is 0 Å². The molecule has 3 nitrogen and oxygen atoms in total. The average Bonchev–Trinajstić information content (AvgIpc) is 3.83. The van der Waals surface area contributed by atoms with E-state index in [1.807, 2.05) is 12.1 Å². The van der Waals surface area contributed by atoms with E-state index < -0.39 is 0 Å². The third-order valence-electron chi connectivity index (χ3n) is 11.0. The molecule has 11 rings (SSSR count). The first-order valence-electron chi connectivity index (χ1n) is 19.0. The first-order chi connectivity index (χ1) is 27.7. The third kappa shape index (κ3) is 5.40. The van der Waals surface area contributed by atoms with Crippen molar-refractivity contribution in [1.29, 1.82) is 0 Å². The van der Waals surface area contributed by atoms with Gasteiger partial charge in [-0.3, -0.25) is 0 Å². The van der Waals surface area contributed by atoms with Crippen molar-refractivity contribution >= 4 is 43.7 Å². The summed E-state index contributed by atoms with van der Waals surface area (Å²) in [6.45, 7) is 0. The van der Waals surface area contributed by atoms with Crippen LogP contribution in [0.2, 0.25) is 0 Å². The van der Waals surface area contributed by atoms with Crippen LogP contribution in [0.3, 0.4) is 0 Å². The molecule has 3 heterocycles. The van der Waals surface area contributed by atoms with E-state index in [1.54, 1.807) is 0 Å². The molecule has 0 aliphatic carbocycles. The molecule has 56 heavy (non-hydrogen) atoms. The molecule has 3 aromatic heterocycles. The largest absolute Gasteiger partial charge is 0.455 e. The number of nitrogens with zero attached hydrogens (tertiary/aromatic N) is 2. The Morgan fingerprint density at radius 1 is 0.339 bits per heavy atom. The summed E-state index contributed by atoms with van der Waals surface area (Å²) in [6.07, 6.45) is 0. The normalized spacial score (nSPS) is 11.6. The molecule has 0 saturated carbocycles. The van der Waals surface area contributed by atoms with Gasteiger partial charge in [-0.2, -0.15) is 0 Å². The van der Waals surface area contributed by atoms with Gasteiger partial charge in [-0.15, -0.1) is 0 Å². The topological polar surface area (TPSA) is 31.0 Å². The highest BCUT2D eigenvalue weighted by atomic mass is 16.3. The Labute approximate surface area is 324 Å². The Bertz CT molecular complexity index is 3250. The molecule has 8 aromatic carbocycles. The number of pyridine rings is 1. The predicted molar refractivity (Wildman–Crippen MR) is 233 cm³/mol. The van der Waals surface area contributed by atoms with Gasteiger partial charge in [0, 0.05) is 43.9 Å². The van der Waals surface area contributed by atoms with Gasteiger partial charge in [0.25, 0.3) is 0 Å². The average molecular weight is 715 g/mol. The lowest BCUT2D eigenvalue weighted by Gasteiger charge is -2.13. The molecule has 0 aliphatic rings. The molecule has 0 bridgehead atoms. The van der Waals surface area contributed by atoms with Crippen LogP contribution in [-0.4, -0.2) is 9.55 Å². The summed E-state index contributed by atoms with van der Waals surface area (Å²) in [6, 6.07) is 73.2. The third-order valence-corrected chi connectivity index (χ3v) is 11.0. The summed E-state index contributed by atoms with van der Waals surface area (Å²) in [5.74, 6) is 0. The van der Waals surface area contributed by atoms with Crippen LogP contribution >= 0.6 is 0 Å². The Hall–Kier alpha value is -7.49. The maximum atomic E-state index is 6.46. The van der Waals surface area contributed by atoms with Gasteiger partial charge in [-0.1, -0.05) is 152 Å². The van der Waals surface area contributed by atoms with Crippen LogP contribution in [0.25, 0.3) is 105 Å². The molecule has 11 aromatic rings. The van der Waals surface area contributed by atoms with Crippen LogP contribution in [-0.2, 0) is 0 Å². The first kappa shape index (κ1) is 32.0. The van der Waals surface area contributed by atoms with Gasteiger partial charge in [-0.25, -0.2) is 4.98 Å². The summed E-state index contributed by atoms with van der Waals surface area (Å²) < 4.78 is 8.84. The Morgan fingerprint density at radius 2 is 0.929 bits per heavy atom. The number of fused-ring (bicyclic) bond motifs is 6. The molecule has 0 saturated heterocycles. The molecule has 262 valence electrons. The maximum Gasteiger partial charge on any atom is 0.143 e. The molecule has 0 unspecified atom stereocenters. The minimum Gasteiger partial charge on any atom is -0.455 e. The zero-order chi connectivity index (χ0) is 37.0. The van der Waals surface area contributed by atoms with E-state index in [-0.39, 0.29) is 0 Å². The second-order valence-electron chi connectivity index (χ2n) is 14.4. The van der Waals surface area contributed by atoms with Crippen LogP contribution in [0.1, 0.15) is 0 Å². The zero-order valence-corrected chi connectivity index (χ0v) is 30.4. The predicted octanol–water partition coefficient (Wildman–Crippen LogP) is 14.4. The molecule has 0 aliphatic heterocycles. The monoisotopic (exact) mass is 714 g/mol. The number of aromatic nitrogens is 2. The molecule has 0 atom stereocenters. The van der Waals surface area contributed by atoms with Crippen molar-refractivity contribution in [2.45, 2.75) is 0 Å². The molecule has 0 N–H and O–H groups in total. The number of hydrogen-bond donors (Lipinski definition) is 0. The molecule has 0 spiro atoms. The number of para-hydroxylation sites is 3. The van der Waals surface area contributed by atoms with Crippen molar-refractivity contribution in [3.05, 3.63) is 206 Å². The van der Waals surface area contributed by atoms with Gasteiger partial charge in [0.1, 0.15) is 11.2 Å². The summed E-state index contributed by atoms with van der Waals surface area (Å²) in [5, 5.41) is 4.67. The van der Waals surface area contributed by atoms with Crippen LogP contribution < -0.4 is 0 Å². The lowest BCUT2D eigenvalue weighted by atomic mass is 9.98. The van der Waals surface area contributed by atoms with Crippen molar-refractivity contribution in [3.63, 3.8) is 0 Å². The molecule has 0 radical (unpaired) electrons. The van der Waals surface area contributed by atoms with Crippen molar-refractivity contribution < 1.29 is 4.42 Å². The summed E-state index contributed by atoms with van der Waals surface area (Å²) in [4.78, 5) is 5.35. The summed E-state index contributed by atoms with van der Waals surface area (Å²) in [5.41, 5.74) is 16.1. The van der Waals surface area contributed by atoms with Crippen LogP contribution in [0, 0.1) is 0 Å². The molecule has 0 amide bonds. The van der Waals surface area contributed by atoms with E-state index in [4.69, 9.17) is 9.40 Å². The van der Waals surface area contributed by atoms with Crippen molar-refractivity contribution in [2.24, 2.45) is 0 Å². The zero-order valence-electron chi connectivity index (χ0n) is 30.4. The lowest BCUT2D eigenvalue weighted by molar-refractivity contribution is 0.670. The second kappa shape index (κ2) is 13.1. The minimum atomic E-state index is 0.907. The fourth-order valence-corrected chi connectivity index (χ4v) is 8.31. The van der Waals surface area contributed by atoms with E-state index in [9.17, 15) is 0 Å². The van der Waals surface area contributed by atoms with E-state index in [0.717, 1.165) is 83.4 Å². The van der Waals surface area contributed by atoms with Gasteiger partial charge in [0.05, 0.1) is 22.4 Å². The highest BCUT2D eigenvalue weighted by Crippen LogP contribution is 2.40. The number of benzene rings is 8. The summed E-state index contributed by atoms with van der Waals surface area (Å²) >= 11 is 0. The Balaban J connectivity index is 1.06. The fraction of sp³-hybridized carbons (Fsp3) is 0. The van der Waals surface area contributed by atoms with Gasteiger partial charge >= 0.3 is 0 Å². The SMILES string of the molecule is c1ccc(-c2cccc(-c3cc(-c4ccccc4)cc(-c4cccc(-n5c6ccccc6c6cc(-c7cccc8c7oc7ccccc78)ccc65)c4)n3)c2)cc1. The Kier molecular flexibility index (Phi) is 7.49. The van der Waals surface area contributed by atoms with Crippen LogP contribution in [0.15, 0.2) is 211 Å². The second-order valence-corrected chi connectivity index (χ2v) is 14.4. The lowest BCUT2D eigenvalue weighted by Crippen LogP contribution is -1.96. The number of furan rings is 1. The van der Waals surface area contributed by atoms with Crippen molar-refractivity contribution in [3.8, 4) is 61.6 Å². The standard InChI is InChI=1S/C53H34N2O/c1-3-14-35(15-4-1)37-18-11-19-39(30-37)48-33-41(36-16-5-2-6-17-36)34-49(54-48)40-20-12-21-42(31-40)55-50-26-9-7-22-44(50)47-32-38(28-29-51(47)55)43-24-13-25-46-45-23-8-10-27-52(45)56-53(43)46/h1-34H. The van der Waals surface area contributed by atoms with E-state index in [2.05, 4.69) is 199 Å². The fourth-order valence-electron chi connectivity index (χ4n) is 8.31. The van der Waals surface area contributed by atoms with Crippen molar-refractivity contribution in [2.75, 3.05) is 0 Å². The van der Waals surface area contributed by atoms with Gasteiger partial charge in [0.15, 0.2) is 0 Å². The van der Waals surface area contributed by atoms with E-state index in [0.29, 0.717) is 0 Å². The molecule has 0 fully saturated rings. The van der Waals surface area contributed by atoms with E-state index >= 15 is 0 Å². The maximum absolute atomic E-state index is 6.46. The first-order valence-corrected chi connectivity index (χ1v) is 19.0. The Morgan fingerprint density at radius 3 is 1.73 bits per heavy atom. The smallest absolute Gasteiger partial charge is 0.143 e. The molecular formula is C53H34N2O. The van der Waals surface area contributed by atoms with Crippen molar-refractivity contribution in [1.82, 2.24) is 9.55 Å². The molecule has 3 heteroatoms. The van der Waals surface area contributed by atoms with Gasteiger partial charge in [-0.05, 0) is 82.4 Å². The number of rotatable bonds is 6. The van der Waals surface area contributed by atoms with Gasteiger partial charge < -0.3 is 8.98 Å². The molecular weight excluding hydrogens is 681 g/mol. The number of hydrogen-bond acceptors (Lipinski definition) is 2. The quantitative estimate of drug-likeness (QED) is 0.172. The highest BCUT2D eigenvalue weighted by Gasteiger charge is 2.17.